The summed E-state index contributed by atoms with van der Waals surface area (Å²) < 4.78 is 5.58. The van der Waals surface area contributed by atoms with Crippen LogP contribution < -0.4 is 15.8 Å². The molecule has 0 aliphatic carbocycles. The second kappa shape index (κ2) is 7.85. The number of ether oxygens (including phenoxy) is 1. The van der Waals surface area contributed by atoms with Gasteiger partial charge < -0.3 is 15.8 Å². The van der Waals surface area contributed by atoms with Crippen LogP contribution in [0.4, 0.5) is 11.4 Å². The topological polar surface area (TPSA) is 88.1 Å². The van der Waals surface area contributed by atoms with Gasteiger partial charge in [0.2, 0.25) is 0 Å². The van der Waals surface area contributed by atoms with Crippen LogP contribution in [0, 0.1) is 11.3 Å². The van der Waals surface area contributed by atoms with E-state index < -0.39 is 0 Å². The SMILES string of the molecule is CCOc1cc(N)c(C(=O)CC#N)cc1NCc1ccccc1. The summed E-state index contributed by atoms with van der Waals surface area (Å²) >= 11 is 0. The molecule has 0 heterocycles. The molecule has 5 nitrogen and oxygen atoms in total. The number of nitrogens with two attached hydrogens (primary N) is 1. The molecule has 0 unspecified atom stereocenters. The van der Waals surface area contributed by atoms with Crippen LogP contribution in [-0.2, 0) is 6.54 Å². The largest absolute Gasteiger partial charge is 0.492 e. The van der Waals surface area contributed by atoms with E-state index in [0.717, 1.165) is 5.56 Å². The third-order valence-electron chi connectivity index (χ3n) is 3.32. The molecule has 0 aliphatic rings. The summed E-state index contributed by atoms with van der Waals surface area (Å²) in [6, 6.07) is 15.0. The van der Waals surface area contributed by atoms with Gasteiger partial charge in [0.1, 0.15) is 5.75 Å². The van der Waals surface area contributed by atoms with Crippen LogP contribution in [0.5, 0.6) is 5.75 Å². The molecule has 0 fully saturated rings. The first kappa shape index (κ1) is 16.4. The smallest absolute Gasteiger partial charge is 0.179 e. The lowest BCUT2D eigenvalue weighted by molar-refractivity contribution is 0.0998. The molecular formula is C18H19N3O2. The third kappa shape index (κ3) is 4.24. The number of nitrogens with zero attached hydrogens (tertiary/aromatic N) is 1. The van der Waals surface area contributed by atoms with Gasteiger partial charge in [-0.2, -0.15) is 5.26 Å². The van der Waals surface area contributed by atoms with Crippen molar-refractivity contribution in [1.29, 1.82) is 5.26 Å². The van der Waals surface area contributed by atoms with E-state index in [1.807, 2.05) is 43.3 Å². The lowest BCUT2D eigenvalue weighted by atomic mass is 10.0. The van der Waals surface area contributed by atoms with Crippen LogP contribution in [0.1, 0.15) is 29.3 Å². The number of anilines is 2. The molecule has 2 rings (SSSR count). The molecule has 0 aliphatic heterocycles. The number of nitrogens with one attached hydrogen (secondary N) is 1. The Morgan fingerprint density at radius 1 is 1.30 bits per heavy atom. The number of ketones is 1. The van der Waals surface area contributed by atoms with E-state index in [2.05, 4.69) is 5.32 Å². The normalized spacial score (nSPS) is 9.91. The molecular weight excluding hydrogens is 290 g/mol. The van der Waals surface area contributed by atoms with Crippen molar-refractivity contribution >= 4 is 17.2 Å². The van der Waals surface area contributed by atoms with Crippen LogP contribution in [0.15, 0.2) is 42.5 Å². The van der Waals surface area contributed by atoms with Crippen molar-refractivity contribution < 1.29 is 9.53 Å². The van der Waals surface area contributed by atoms with E-state index in [-0.39, 0.29) is 12.2 Å². The standard InChI is InChI=1S/C18H19N3O2/c1-2-23-18-11-15(20)14(17(22)8-9-19)10-16(18)21-12-13-6-4-3-5-7-13/h3-7,10-11,21H,2,8,12,20H2,1H3. The highest BCUT2D eigenvalue weighted by atomic mass is 16.5. The molecule has 2 aromatic rings. The van der Waals surface area contributed by atoms with E-state index in [1.165, 1.54) is 0 Å². The van der Waals surface area contributed by atoms with Gasteiger partial charge in [0.15, 0.2) is 5.78 Å². The molecule has 0 saturated carbocycles. The Morgan fingerprint density at radius 2 is 2.04 bits per heavy atom. The van der Waals surface area contributed by atoms with Gasteiger partial charge in [0.25, 0.3) is 0 Å². The quantitative estimate of drug-likeness (QED) is 0.604. The number of nitriles is 1. The maximum Gasteiger partial charge on any atom is 0.179 e. The number of carbonyl (C=O) groups excluding carboxylic acids is 1. The monoisotopic (exact) mass is 309 g/mol. The van der Waals surface area contributed by atoms with Crippen molar-refractivity contribution in [2.45, 2.75) is 19.9 Å². The Labute approximate surface area is 135 Å². The van der Waals surface area contributed by atoms with E-state index in [1.54, 1.807) is 12.1 Å². The maximum absolute atomic E-state index is 12.0. The Balaban J connectivity index is 2.29. The van der Waals surface area contributed by atoms with Crippen molar-refractivity contribution in [3.05, 3.63) is 53.6 Å². The van der Waals surface area contributed by atoms with E-state index in [0.29, 0.717) is 35.8 Å². The summed E-state index contributed by atoms with van der Waals surface area (Å²) in [6.07, 6.45) is -0.198. The molecule has 0 radical (unpaired) electrons. The summed E-state index contributed by atoms with van der Waals surface area (Å²) in [5, 5.41) is 12.0. The van der Waals surface area contributed by atoms with Crippen molar-refractivity contribution in [2.24, 2.45) is 0 Å². The zero-order valence-corrected chi connectivity index (χ0v) is 13.0. The molecule has 0 saturated heterocycles. The second-order valence-electron chi connectivity index (χ2n) is 4.97. The highest BCUT2D eigenvalue weighted by molar-refractivity contribution is 6.03. The van der Waals surface area contributed by atoms with Gasteiger partial charge >= 0.3 is 0 Å². The van der Waals surface area contributed by atoms with Gasteiger partial charge in [0.05, 0.1) is 24.8 Å². The van der Waals surface area contributed by atoms with Crippen LogP contribution in [-0.4, -0.2) is 12.4 Å². The molecule has 0 aromatic heterocycles. The van der Waals surface area contributed by atoms with Crippen LogP contribution in [0.3, 0.4) is 0 Å². The summed E-state index contributed by atoms with van der Waals surface area (Å²) in [5.41, 5.74) is 8.37. The first-order valence-corrected chi connectivity index (χ1v) is 7.40. The Kier molecular flexibility index (Phi) is 5.59. The molecule has 118 valence electrons. The molecule has 0 atom stereocenters. The summed E-state index contributed by atoms with van der Waals surface area (Å²) in [7, 11) is 0. The zero-order chi connectivity index (χ0) is 16.7. The van der Waals surface area contributed by atoms with Crippen molar-refractivity contribution in [2.75, 3.05) is 17.7 Å². The van der Waals surface area contributed by atoms with Crippen LogP contribution in [0.25, 0.3) is 0 Å². The Morgan fingerprint density at radius 3 is 2.70 bits per heavy atom. The number of hydrogen-bond donors (Lipinski definition) is 2. The van der Waals surface area contributed by atoms with Crippen molar-refractivity contribution in [3.8, 4) is 11.8 Å². The highest BCUT2D eigenvalue weighted by Gasteiger charge is 2.14. The van der Waals surface area contributed by atoms with Crippen LogP contribution >= 0.6 is 0 Å². The first-order chi connectivity index (χ1) is 11.2. The molecule has 2 aromatic carbocycles. The van der Waals surface area contributed by atoms with Gasteiger partial charge in [-0.3, -0.25) is 4.79 Å². The maximum atomic E-state index is 12.0. The number of carbonyl (C=O) groups is 1. The third-order valence-corrected chi connectivity index (χ3v) is 3.32. The summed E-state index contributed by atoms with van der Waals surface area (Å²) in [6.45, 7) is 2.97. The molecule has 0 spiro atoms. The molecule has 3 N–H and O–H groups in total. The number of nitrogen functional groups attached to an aromatic ring is 1. The molecule has 0 bridgehead atoms. The fraction of sp³-hybridized carbons (Fsp3) is 0.222. The fourth-order valence-electron chi connectivity index (χ4n) is 2.21. The van der Waals surface area contributed by atoms with Gasteiger partial charge in [-0.1, -0.05) is 30.3 Å². The zero-order valence-electron chi connectivity index (χ0n) is 13.0. The van der Waals surface area contributed by atoms with Gasteiger partial charge in [0, 0.05) is 23.9 Å². The van der Waals surface area contributed by atoms with Crippen molar-refractivity contribution in [1.82, 2.24) is 0 Å². The summed E-state index contributed by atoms with van der Waals surface area (Å²) in [4.78, 5) is 12.0. The van der Waals surface area contributed by atoms with E-state index in [9.17, 15) is 4.79 Å². The van der Waals surface area contributed by atoms with Gasteiger partial charge in [-0.25, -0.2) is 0 Å². The lowest BCUT2D eigenvalue weighted by Gasteiger charge is -2.15. The molecule has 0 amide bonds. The van der Waals surface area contributed by atoms with E-state index >= 15 is 0 Å². The average molecular weight is 309 g/mol. The summed E-state index contributed by atoms with van der Waals surface area (Å²) in [5.74, 6) is 0.297. The Hall–Kier alpha value is -3.00. The fourth-order valence-corrected chi connectivity index (χ4v) is 2.21. The minimum absolute atomic E-state index is 0.198. The number of benzene rings is 2. The van der Waals surface area contributed by atoms with E-state index in [4.69, 9.17) is 15.7 Å². The number of rotatable bonds is 7. The average Bonchev–Trinajstić information content (AvgIpc) is 2.55. The number of hydrogen-bond acceptors (Lipinski definition) is 5. The lowest BCUT2D eigenvalue weighted by Crippen LogP contribution is -2.08. The second-order valence-corrected chi connectivity index (χ2v) is 4.97. The predicted molar refractivity (Wildman–Crippen MR) is 90.4 cm³/mol. The Bertz CT molecular complexity index is 721. The first-order valence-electron chi connectivity index (χ1n) is 7.40. The highest BCUT2D eigenvalue weighted by Crippen LogP contribution is 2.31. The van der Waals surface area contributed by atoms with Gasteiger partial charge in [-0.15, -0.1) is 0 Å². The number of Topliss-reactive ketones (excluding diaryl/α,β-unsaturated/α-hetero) is 1. The predicted octanol–water partition coefficient (Wildman–Crippen LogP) is 3.38. The van der Waals surface area contributed by atoms with Gasteiger partial charge in [-0.05, 0) is 18.6 Å². The van der Waals surface area contributed by atoms with Crippen molar-refractivity contribution in [3.63, 3.8) is 0 Å². The minimum Gasteiger partial charge on any atom is -0.492 e. The molecule has 23 heavy (non-hydrogen) atoms. The molecule has 5 heteroatoms. The van der Waals surface area contributed by atoms with Crippen LogP contribution in [0.2, 0.25) is 0 Å². The minimum atomic E-state index is -0.296.